The van der Waals surface area contributed by atoms with Crippen molar-refractivity contribution in [2.45, 2.75) is 63.6 Å². The fourth-order valence-corrected chi connectivity index (χ4v) is 3.22. The Labute approximate surface area is 105 Å². The molecule has 3 unspecified atom stereocenters. The molecule has 1 aliphatic rings. The second kappa shape index (κ2) is 7.57. The zero-order chi connectivity index (χ0) is 12.0. The average molecular weight is 244 g/mol. The first-order chi connectivity index (χ1) is 7.66. The summed E-state index contributed by atoms with van der Waals surface area (Å²) >= 11 is 1.94. The van der Waals surface area contributed by atoms with Gasteiger partial charge in [0.2, 0.25) is 0 Å². The number of nitrogens with zero attached hydrogens (tertiary/aromatic N) is 1. The Morgan fingerprint density at radius 1 is 1.31 bits per heavy atom. The number of nitrogens with two attached hydrogens (primary N) is 1. The molecule has 3 atom stereocenters. The van der Waals surface area contributed by atoms with Crippen LogP contribution in [0.5, 0.6) is 0 Å². The van der Waals surface area contributed by atoms with E-state index < -0.39 is 0 Å². The molecule has 1 rings (SSSR count). The Morgan fingerprint density at radius 3 is 2.69 bits per heavy atom. The lowest BCUT2D eigenvalue weighted by atomic mass is 10.0. The highest BCUT2D eigenvalue weighted by Crippen LogP contribution is 2.22. The van der Waals surface area contributed by atoms with Crippen LogP contribution in [0.3, 0.4) is 0 Å². The molecule has 0 aromatic rings. The zero-order valence-electron chi connectivity index (χ0n) is 11.1. The van der Waals surface area contributed by atoms with Gasteiger partial charge in [-0.1, -0.05) is 19.3 Å². The van der Waals surface area contributed by atoms with Gasteiger partial charge < -0.3 is 5.73 Å². The number of thioether (sulfide) groups is 1. The fraction of sp³-hybridized carbons (Fsp3) is 1.00. The minimum absolute atomic E-state index is 0.393. The molecule has 0 aromatic carbocycles. The maximum absolute atomic E-state index is 6.30. The van der Waals surface area contributed by atoms with E-state index >= 15 is 0 Å². The van der Waals surface area contributed by atoms with E-state index in [2.05, 4.69) is 25.1 Å². The second-order valence-electron chi connectivity index (χ2n) is 5.17. The van der Waals surface area contributed by atoms with Crippen molar-refractivity contribution < 1.29 is 0 Å². The molecular formula is C13H28N2S. The van der Waals surface area contributed by atoms with Crippen LogP contribution < -0.4 is 5.73 Å². The van der Waals surface area contributed by atoms with Crippen molar-refractivity contribution in [3.63, 3.8) is 0 Å². The molecule has 16 heavy (non-hydrogen) atoms. The zero-order valence-corrected chi connectivity index (χ0v) is 11.9. The minimum Gasteiger partial charge on any atom is -0.326 e. The standard InChI is InChI=1S/C13H28N2S/c1-11(9-10-16-3)15(2)13-8-6-4-5-7-12(13)14/h11-13H,4-10,14H2,1-3H3. The van der Waals surface area contributed by atoms with Crippen LogP contribution in [-0.4, -0.2) is 42.1 Å². The molecule has 0 amide bonds. The molecule has 0 bridgehead atoms. The summed E-state index contributed by atoms with van der Waals surface area (Å²) < 4.78 is 0. The second-order valence-corrected chi connectivity index (χ2v) is 6.15. The molecule has 1 fully saturated rings. The van der Waals surface area contributed by atoms with Crippen LogP contribution in [-0.2, 0) is 0 Å². The first-order valence-electron chi connectivity index (χ1n) is 6.63. The molecule has 1 aliphatic carbocycles. The van der Waals surface area contributed by atoms with Gasteiger partial charge in [0.25, 0.3) is 0 Å². The smallest absolute Gasteiger partial charge is 0.0246 e. The average Bonchev–Trinajstić information content (AvgIpc) is 2.49. The maximum atomic E-state index is 6.30. The van der Waals surface area contributed by atoms with Gasteiger partial charge >= 0.3 is 0 Å². The molecule has 0 heterocycles. The number of hydrogen-bond acceptors (Lipinski definition) is 3. The van der Waals surface area contributed by atoms with Crippen LogP contribution in [0, 0.1) is 0 Å². The molecule has 96 valence electrons. The Bertz CT molecular complexity index is 187. The van der Waals surface area contributed by atoms with E-state index in [0.717, 1.165) is 0 Å². The summed E-state index contributed by atoms with van der Waals surface area (Å²) in [6.07, 6.45) is 10.0. The van der Waals surface area contributed by atoms with Gasteiger partial charge in [-0.05, 0) is 45.2 Å². The molecule has 2 nitrogen and oxygen atoms in total. The summed E-state index contributed by atoms with van der Waals surface area (Å²) in [6.45, 7) is 2.34. The van der Waals surface area contributed by atoms with Gasteiger partial charge in [0.15, 0.2) is 0 Å². The molecule has 2 N–H and O–H groups in total. The molecule has 0 saturated heterocycles. The predicted octanol–water partition coefficient (Wildman–Crippen LogP) is 2.72. The summed E-state index contributed by atoms with van der Waals surface area (Å²) in [6, 6.07) is 1.67. The Hall–Kier alpha value is 0.270. The van der Waals surface area contributed by atoms with Gasteiger partial charge in [0, 0.05) is 18.1 Å². The molecular weight excluding hydrogens is 216 g/mol. The number of hydrogen-bond donors (Lipinski definition) is 1. The van der Waals surface area contributed by atoms with Crippen LogP contribution in [0.25, 0.3) is 0 Å². The Balaban J connectivity index is 2.45. The summed E-state index contributed by atoms with van der Waals surface area (Å²) in [5.74, 6) is 1.26. The molecule has 0 radical (unpaired) electrons. The molecule has 0 aliphatic heterocycles. The fourth-order valence-electron chi connectivity index (χ4n) is 2.64. The monoisotopic (exact) mass is 244 g/mol. The van der Waals surface area contributed by atoms with Crippen LogP contribution in [0.2, 0.25) is 0 Å². The van der Waals surface area contributed by atoms with Crippen LogP contribution in [0.4, 0.5) is 0 Å². The molecule has 0 aromatic heterocycles. The first-order valence-corrected chi connectivity index (χ1v) is 8.02. The Morgan fingerprint density at radius 2 is 2.00 bits per heavy atom. The molecule has 0 spiro atoms. The van der Waals surface area contributed by atoms with Crippen molar-refractivity contribution in [2.24, 2.45) is 5.73 Å². The molecule has 1 saturated carbocycles. The largest absolute Gasteiger partial charge is 0.326 e. The Kier molecular flexibility index (Phi) is 6.78. The van der Waals surface area contributed by atoms with Crippen LogP contribution in [0.15, 0.2) is 0 Å². The lowest BCUT2D eigenvalue weighted by Crippen LogP contribution is -2.49. The lowest BCUT2D eigenvalue weighted by Gasteiger charge is -2.36. The third kappa shape index (κ3) is 4.27. The number of likely N-dealkylation sites (N-methyl/N-ethyl adjacent to an activating group) is 1. The van der Waals surface area contributed by atoms with E-state index in [1.54, 1.807) is 0 Å². The van der Waals surface area contributed by atoms with Gasteiger partial charge in [-0.15, -0.1) is 0 Å². The highest BCUT2D eigenvalue weighted by atomic mass is 32.2. The van der Waals surface area contributed by atoms with Gasteiger partial charge in [0.1, 0.15) is 0 Å². The van der Waals surface area contributed by atoms with Crippen molar-refractivity contribution in [1.82, 2.24) is 4.90 Å². The summed E-state index contributed by atoms with van der Waals surface area (Å²) in [5, 5.41) is 0. The highest BCUT2D eigenvalue weighted by Gasteiger charge is 2.26. The van der Waals surface area contributed by atoms with Gasteiger partial charge in [-0.25, -0.2) is 0 Å². The van der Waals surface area contributed by atoms with E-state index in [4.69, 9.17) is 5.73 Å². The minimum atomic E-state index is 0.393. The highest BCUT2D eigenvalue weighted by molar-refractivity contribution is 7.98. The van der Waals surface area contributed by atoms with Crippen molar-refractivity contribution in [1.29, 1.82) is 0 Å². The van der Waals surface area contributed by atoms with Crippen molar-refractivity contribution in [3.8, 4) is 0 Å². The quantitative estimate of drug-likeness (QED) is 0.754. The summed E-state index contributed by atoms with van der Waals surface area (Å²) in [7, 11) is 2.26. The SMILES string of the molecule is CSCCC(C)N(C)C1CCCCCC1N. The molecule has 3 heteroatoms. The third-order valence-corrected chi connectivity index (χ3v) is 4.63. The van der Waals surface area contributed by atoms with Gasteiger partial charge in [-0.3, -0.25) is 4.90 Å². The van der Waals surface area contributed by atoms with E-state index in [1.165, 1.54) is 44.3 Å². The van der Waals surface area contributed by atoms with Crippen LogP contribution >= 0.6 is 11.8 Å². The van der Waals surface area contributed by atoms with E-state index in [1.807, 2.05) is 11.8 Å². The number of rotatable bonds is 5. The van der Waals surface area contributed by atoms with Gasteiger partial charge in [0.05, 0.1) is 0 Å². The predicted molar refractivity (Wildman–Crippen MR) is 75.1 cm³/mol. The third-order valence-electron chi connectivity index (χ3n) is 3.99. The van der Waals surface area contributed by atoms with E-state index in [-0.39, 0.29) is 0 Å². The summed E-state index contributed by atoms with van der Waals surface area (Å²) in [4.78, 5) is 2.53. The van der Waals surface area contributed by atoms with Crippen molar-refractivity contribution in [2.75, 3.05) is 19.1 Å². The topological polar surface area (TPSA) is 29.3 Å². The van der Waals surface area contributed by atoms with E-state index in [0.29, 0.717) is 18.1 Å². The summed E-state index contributed by atoms with van der Waals surface area (Å²) in [5.41, 5.74) is 6.30. The van der Waals surface area contributed by atoms with Crippen LogP contribution in [0.1, 0.15) is 45.4 Å². The maximum Gasteiger partial charge on any atom is 0.0246 e. The van der Waals surface area contributed by atoms with Crippen molar-refractivity contribution >= 4 is 11.8 Å². The lowest BCUT2D eigenvalue weighted by molar-refractivity contribution is 0.150. The van der Waals surface area contributed by atoms with E-state index in [9.17, 15) is 0 Å². The van der Waals surface area contributed by atoms with Crippen molar-refractivity contribution in [3.05, 3.63) is 0 Å². The normalized spacial score (nSPS) is 29.1. The first kappa shape index (κ1) is 14.3. The van der Waals surface area contributed by atoms with Gasteiger partial charge in [-0.2, -0.15) is 11.8 Å².